The second-order valence-electron chi connectivity index (χ2n) is 3.80. The summed E-state index contributed by atoms with van der Waals surface area (Å²) in [5.41, 5.74) is 1.10. The van der Waals surface area contributed by atoms with Gasteiger partial charge in [-0.3, -0.25) is 0 Å². The van der Waals surface area contributed by atoms with Crippen molar-refractivity contribution in [3.63, 3.8) is 0 Å². The molecule has 90 valence electrons. The highest BCUT2D eigenvalue weighted by Gasteiger charge is 2.04. The average molecular weight is 278 g/mol. The van der Waals surface area contributed by atoms with Crippen molar-refractivity contribution in [1.82, 2.24) is 5.32 Å². The molecule has 0 amide bonds. The van der Waals surface area contributed by atoms with E-state index in [1.54, 1.807) is 6.07 Å². The Kier molecular flexibility index (Phi) is 6.59. The van der Waals surface area contributed by atoms with Crippen molar-refractivity contribution in [1.29, 1.82) is 0 Å². The van der Waals surface area contributed by atoms with Crippen LogP contribution in [0.4, 0.5) is 0 Å². The smallest absolute Gasteiger partial charge is 0.0465 e. The van der Waals surface area contributed by atoms with Crippen LogP contribution in [-0.4, -0.2) is 18.1 Å². The van der Waals surface area contributed by atoms with Crippen molar-refractivity contribution in [2.45, 2.75) is 25.9 Å². The van der Waals surface area contributed by atoms with Gasteiger partial charge in [-0.2, -0.15) is 11.8 Å². The molecule has 4 heteroatoms. The molecule has 1 unspecified atom stereocenters. The van der Waals surface area contributed by atoms with E-state index in [1.165, 1.54) is 12.2 Å². The fourth-order valence-electron chi connectivity index (χ4n) is 1.35. The highest BCUT2D eigenvalue weighted by Crippen LogP contribution is 2.20. The third kappa shape index (κ3) is 4.96. The van der Waals surface area contributed by atoms with Crippen LogP contribution in [0.3, 0.4) is 0 Å². The third-order valence-corrected chi connectivity index (χ3v) is 3.64. The van der Waals surface area contributed by atoms with Crippen molar-refractivity contribution in [3.8, 4) is 0 Å². The number of benzene rings is 1. The Labute approximate surface area is 112 Å². The number of hydrogen-bond donors (Lipinski definition) is 1. The predicted molar refractivity (Wildman–Crippen MR) is 75.8 cm³/mol. The lowest BCUT2D eigenvalue weighted by atomic mass is 10.2. The van der Waals surface area contributed by atoms with Crippen molar-refractivity contribution >= 4 is 35.0 Å². The van der Waals surface area contributed by atoms with E-state index in [-0.39, 0.29) is 0 Å². The molecule has 0 spiro atoms. The first-order chi connectivity index (χ1) is 7.63. The molecule has 0 bridgehead atoms. The SMILES string of the molecule is CSCCC(C)NCc1ccc(Cl)cc1Cl. The quantitative estimate of drug-likeness (QED) is 0.836. The molecule has 0 aliphatic rings. The summed E-state index contributed by atoms with van der Waals surface area (Å²) in [6, 6.07) is 6.14. The summed E-state index contributed by atoms with van der Waals surface area (Å²) in [6.07, 6.45) is 3.30. The number of nitrogens with one attached hydrogen (secondary N) is 1. The number of thioether (sulfide) groups is 1. The van der Waals surface area contributed by atoms with Crippen LogP contribution in [0.1, 0.15) is 18.9 Å². The van der Waals surface area contributed by atoms with Crippen LogP contribution in [0.15, 0.2) is 18.2 Å². The average Bonchev–Trinajstić information content (AvgIpc) is 2.25. The van der Waals surface area contributed by atoms with Crippen molar-refractivity contribution in [3.05, 3.63) is 33.8 Å². The zero-order valence-electron chi connectivity index (χ0n) is 9.59. The first-order valence-electron chi connectivity index (χ1n) is 5.29. The molecule has 1 rings (SSSR count). The molecule has 0 heterocycles. The third-order valence-electron chi connectivity index (χ3n) is 2.41. The minimum absolute atomic E-state index is 0.513. The molecule has 0 aromatic heterocycles. The number of halogens is 2. The second kappa shape index (κ2) is 7.44. The summed E-state index contributed by atoms with van der Waals surface area (Å²) in [5, 5.41) is 4.87. The Bertz CT molecular complexity index is 331. The van der Waals surface area contributed by atoms with Crippen molar-refractivity contribution < 1.29 is 0 Å². The van der Waals surface area contributed by atoms with E-state index in [4.69, 9.17) is 23.2 Å². The highest BCUT2D eigenvalue weighted by molar-refractivity contribution is 7.98. The molecular formula is C12H17Cl2NS. The Morgan fingerprint density at radius 2 is 2.12 bits per heavy atom. The molecule has 0 saturated heterocycles. The minimum atomic E-state index is 0.513. The Morgan fingerprint density at radius 1 is 1.38 bits per heavy atom. The normalized spacial score (nSPS) is 12.8. The largest absolute Gasteiger partial charge is 0.310 e. The van der Waals surface area contributed by atoms with Gasteiger partial charge >= 0.3 is 0 Å². The van der Waals surface area contributed by atoms with E-state index in [0.717, 1.165) is 17.1 Å². The molecule has 0 radical (unpaired) electrons. The van der Waals surface area contributed by atoms with Gasteiger partial charge < -0.3 is 5.32 Å². The molecule has 1 atom stereocenters. The molecule has 0 aliphatic carbocycles. The fourth-order valence-corrected chi connectivity index (χ4v) is 2.41. The van der Waals surface area contributed by atoms with Crippen LogP contribution in [-0.2, 0) is 6.54 Å². The number of rotatable bonds is 6. The second-order valence-corrected chi connectivity index (χ2v) is 5.63. The molecule has 0 aliphatic heterocycles. The minimum Gasteiger partial charge on any atom is -0.310 e. The van der Waals surface area contributed by atoms with Gasteiger partial charge in [-0.05, 0) is 43.0 Å². The lowest BCUT2D eigenvalue weighted by Crippen LogP contribution is -2.26. The van der Waals surface area contributed by atoms with Crippen LogP contribution in [0.25, 0.3) is 0 Å². The monoisotopic (exact) mass is 277 g/mol. The van der Waals surface area contributed by atoms with E-state index in [9.17, 15) is 0 Å². The summed E-state index contributed by atoms with van der Waals surface area (Å²) >= 11 is 13.8. The molecule has 1 aromatic rings. The summed E-state index contributed by atoms with van der Waals surface area (Å²) in [7, 11) is 0. The molecule has 1 nitrogen and oxygen atoms in total. The van der Waals surface area contributed by atoms with Crippen LogP contribution >= 0.6 is 35.0 Å². The van der Waals surface area contributed by atoms with Gasteiger partial charge in [0.2, 0.25) is 0 Å². The van der Waals surface area contributed by atoms with Gasteiger partial charge in [-0.15, -0.1) is 0 Å². The fraction of sp³-hybridized carbons (Fsp3) is 0.500. The first kappa shape index (κ1) is 14.2. The topological polar surface area (TPSA) is 12.0 Å². The molecule has 1 aromatic carbocycles. The summed E-state index contributed by atoms with van der Waals surface area (Å²) in [6.45, 7) is 2.99. The lowest BCUT2D eigenvalue weighted by molar-refractivity contribution is 0.537. The Balaban J connectivity index is 2.42. The molecule has 16 heavy (non-hydrogen) atoms. The van der Waals surface area contributed by atoms with Gasteiger partial charge in [0, 0.05) is 22.6 Å². The van der Waals surface area contributed by atoms with Crippen LogP contribution in [0, 0.1) is 0 Å². The zero-order chi connectivity index (χ0) is 12.0. The summed E-state index contributed by atoms with van der Waals surface area (Å²) < 4.78 is 0. The van der Waals surface area contributed by atoms with Gasteiger partial charge in [-0.1, -0.05) is 29.3 Å². The first-order valence-corrected chi connectivity index (χ1v) is 7.44. The van der Waals surface area contributed by atoms with Gasteiger partial charge in [0.15, 0.2) is 0 Å². The van der Waals surface area contributed by atoms with Crippen LogP contribution < -0.4 is 5.32 Å². The zero-order valence-corrected chi connectivity index (χ0v) is 11.9. The maximum atomic E-state index is 6.09. The van der Waals surface area contributed by atoms with Crippen molar-refractivity contribution in [2.75, 3.05) is 12.0 Å². The van der Waals surface area contributed by atoms with Crippen LogP contribution in [0.2, 0.25) is 10.0 Å². The molecule has 0 saturated carbocycles. The predicted octanol–water partition coefficient (Wildman–Crippen LogP) is 4.22. The van der Waals surface area contributed by atoms with Gasteiger partial charge in [-0.25, -0.2) is 0 Å². The van der Waals surface area contributed by atoms with E-state index in [0.29, 0.717) is 11.1 Å². The van der Waals surface area contributed by atoms with E-state index in [2.05, 4.69) is 18.5 Å². The van der Waals surface area contributed by atoms with Crippen LogP contribution in [0.5, 0.6) is 0 Å². The Hall–Kier alpha value is 0.110. The van der Waals surface area contributed by atoms with Gasteiger partial charge in [0.25, 0.3) is 0 Å². The van der Waals surface area contributed by atoms with E-state index in [1.807, 2.05) is 23.9 Å². The van der Waals surface area contributed by atoms with E-state index < -0.39 is 0 Å². The summed E-state index contributed by atoms with van der Waals surface area (Å²) in [4.78, 5) is 0. The maximum absolute atomic E-state index is 6.09. The maximum Gasteiger partial charge on any atom is 0.0465 e. The summed E-state index contributed by atoms with van der Waals surface area (Å²) in [5.74, 6) is 1.18. The van der Waals surface area contributed by atoms with Crippen molar-refractivity contribution in [2.24, 2.45) is 0 Å². The molecule has 0 fully saturated rings. The highest BCUT2D eigenvalue weighted by atomic mass is 35.5. The standard InChI is InChI=1S/C12H17Cl2NS/c1-9(5-6-16-2)15-8-10-3-4-11(13)7-12(10)14/h3-4,7,9,15H,5-6,8H2,1-2H3. The van der Waals surface area contributed by atoms with E-state index >= 15 is 0 Å². The lowest BCUT2D eigenvalue weighted by Gasteiger charge is -2.13. The number of hydrogen-bond acceptors (Lipinski definition) is 2. The molecular weight excluding hydrogens is 261 g/mol. The van der Waals surface area contributed by atoms with Gasteiger partial charge in [0.05, 0.1) is 0 Å². The Morgan fingerprint density at radius 3 is 2.75 bits per heavy atom. The molecule has 1 N–H and O–H groups in total. The van der Waals surface area contributed by atoms with Gasteiger partial charge in [0.1, 0.15) is 0 Å².